The first-order chi connectivity index (χ1) is 13.6. The van der Waals surface area contributed by atoms with Crippen molar-refractivity contribution >= 4 is 47.0 Å². The van der Waals surface area contributed by atoms with Crippen LogP contribution in [0, 0.1) is 0 Å². The number of hydrogen-bond acceptors (Lipinski definition) is 5. The summed E-state index contributed by atoms with van der Waals surface area (Å²) in [6, 6.07) is 13.8. The number of pyridine rings is 1. The van der Waals surface area contributed by atoms with E-state index in [1.54, 1.807) is 54.9 Å². The number of nitrogens with zero attached hydrogens (tertiary/aromatic N) is 2. The molecular formula is C20H15ClN4O2S. The van der Waals surface area contributed by atoms with Gasteiger partial charge in [-0.15, -0.1) is 11.3 Å². The summed E-state index contributed by atoms with van der Waals surface area (Å²) in [5.74, 6) is -1.04. The lowest BCUT2D eigenvalue weighted by Gasteiger charge is -2.09. The van der Waals surface area contributed by atoms with E-state index in [4.69, 9.17) is 11.6 Å². The summed E-state index contributed by atoms with van der Waals surface area (Å²) in [5.41, 5.74) is 3.52. The lowest BCUT2D eigenvalue weighted by atomic mass is 10.2. The molecule has 2 heterocycles. The zero-order valence-corrected chi connectivity index (χ0v) is 16.1. The number of hydrogen-bond donors (Lipinski definition) is 2. The summed E-state index contributed by atoms with van der Waals surface area (Å²) in [6.07, 6.45) is 6.30. The Morgan fingerprint density at radius 3 is 2.57 bits per heavy atom. The average molecular weight is 411 g/mol. The number of carbonyl (C=O) groups is 2. The van der Waals surface area contributed by atoms with Gasteiger partial charge in [-0.05, 0) is 47.4 Å². The number of benzene rings is 1. The predicted molar refractivity (Wildman–Crippen MR) is 111 cm³/mol. The third-order valence-corrected chi connectivity index (χ3v) is 4.68. The van der Waals surface area contributed by atoms with Gasteiger partial charge in [-0.2, -0.15) is 5.10 Å². The average Bonchev–Trinajstić information content (AvgIpc) is 3.21. The van der Waals surface area contributed by atoms with E-state index in [0.717, 1.165) is 10.4 Å². The molecule has 0 atom stereocenters. The molecule has 0 bridgehead atoms. The van der Waals surface area contributed by atoms with E-state index in [-0.39, 0.29) is 11.3 Å². The maximum absolute atomic E-state index is 12.6. The van der Waals surface area contributed by atoms with Crippen LogP contribution in [0.2, 0.25) is 5.02 Å². The van der Waals surface area contributed by atoms with Crippen LogP contribution in [0.3, 0.4) is 0 Å². The highest BCUT2D eigenvalue weighted by Crippen LogP contribution is 2.16. The molecule has 8 heteroatoms. The van der Waals surface area contributed by atoms with Crippen molar-refractivity contribution in [3.05, 3.63) is 93.0 Å². The normalized spacial score (nSPS) is 11.4. The molecule has 1 aromatic carbocycles. The van der Waals surface area contributed by atoms with E-state index < -0.39 is 11.8 Å². The van der Waals surface area contributed by atoms with Crippen LogP contribution in [-0.2, 0) is 4.79 Å². The molecule has 0 spiro atoms. The molecule has 2 aromatic heterocycles. The summed E-state index contributed by atoms with van der Waals surface area (Å²) in [4.78, 5) is 29.8. The minimum Gasteiger partial charge on any atom is -0.317 e. The van der Waals surface area contributed by atoms with Crippen LogP contribution in [-0.4, -0.2) is 23.0 Å². The quantitative estimate of drug-likeness (QED) is 0.369. The predicted octanol–water partition coefficient (Wildman–Crippen LogP) is 3.72. The van der Waals surface area contributed by atoms with Crippen molar-refractivity contribution in [3.63, 3.8) is 0 Å². The van der Waals surface area contributed by atoms with Crippen LogP contribution < -0.4 is 10.7 Å². The number of aromatic nitrogens is 1. The molecule has 0 aliphatic heterocycles. The van der Waals surface area contributed by atoms with Gasteiger partial charge < -0.3 is 5.32 Å². The van der Waals surface area contributed by atoms with Crippen LogP contribution in [0.15, 0.2) is 77.1 Å². The Bertz CT molecular complexity index is 1020. The van der Waals surface area contributed by atoms with Crippen molar-refractivity contribution in [2.45, 2.75) is 0 Å². The maximum atomic E-state index is 12.6. The summed E-state index contributed by atoms with van der Waals surface area (Å²) < 4.78 is 0. The van der Waals surface area contributed by atoms with Crippen LogP contribution in [0.4, 0.5) is 0 Å². The molecule has 0 saturated carbocycles. The number of thiophene rings is 1. The van der Waals surface area contributed by atoms with Crippen LogP contribution in [0.5, 0.6) is 0 Å². The molecule has 0 aliphatic rings. The number of amides is 2. The van der Waals surface area contributed by atoms with Crippen molar-refractivity contribution < 1.29 is 9.59 Å². The van der Waals surface area contributed by atoms with Crippen LogP contribution >= 0.6 is 22.9 Å². The zero-order chi connectivity index (χ0) is 19.8. The Morgan fingerprint density at radius 2 is 1.86 bits per heavy atom. The maximum Gasteiger partial charge on any atom is 0.287 e. The van der Waals surface area contributed by atoms with Crippen LogP contribution in [0.1, 0.15) is 20.8 Å². The van der Waals surface area contributed by atoms with Gasteiger partial charge in [0.15, 0.2) is 0 Å². The fraction of sp³-hybridized carbons (Fsp3) is 0. The topological polar surface area (TPSA) is 83.4 Å². The molecule has 140 valence electrons. The fourth-order valence-electron chi connectivity index (χ4n) is 2.18. The van der Waals surface area contributed by atoms with Crippen LogP contribution in [0.25, 0.3) is 6.08 Å². The van der Waals surface area contributed by atoms with E-state index >= 15 is 0 Å². The van der Waals surface area contributed by atoms with E-state index in [1.165, 1.54) is 17.6 Å². The molecule has 28 heavy (non-hydrogen) atoms. The second-order valence-corrected chi connectivity index (χ2v) is 6.87. The Labute approximate surface area is 170 Å². The van der Waals surface area contributed by atoms with Gasteiger partial charge in [0.05, 0.1) is 16.8 Å². The minimum atomic E-state index is -0.556. The Balaban J connectivity index is 1.77. The van der Waals surface area contributed by atoms with E-state index in [1.807, 2.05) is 17.5 Å². The van der Waals surface area contributed by atoms with Gasteiger partial charge >= 0.3 is 0 Å². The van der Waals surface area contributed by atoms with Gasteiger partial charge in [0.2, 0.25) is 0 Å². The van der Waals surface area contributed by atoms with Gasteiger partial charge in [0, 0.05) is 17.3 Å². The van der Waals surface area contributed by atoms with Crippen molar-refractivity contribution in [3.8, 4) is 0 Å². The Hall–Kier alpha value is -3.29. The largest absolute Gasteiger partial charge is 0.317 e. The van der Waals surface area contributed by atoms with Crippen molar-refractivity contribution in [1.29, 1.82) is 0 Å². The number of hydrazone groups is 1. The fourth-order valence-corrected chi connectivity index (χ4v) is 3.06. The standard InChI is InChI=1S/C20H15ClN4O2S/c21-17-6-2-1-5-16(17)19(26)24-18(12-15-4-3-11-28-15)20(27)25-23-13-14-7-9-22-10-8-14/h1-13H,(H,24,26)(H,25,27)/b18-12-,23-13?. The molecular weight excluding hydrogens is 396 g/mol. The second-order valence-electron chi connectivity index (χ2n) is 5.49. The summed E-state index contributed by atoms with van der Waals surface area (Å²) in [6.45, 7) is 0. The molecule has 6 nitrogen and oxygen atoms in total. The highest BCUT2D eigenvalue weighted by Gasteiger charge is 2.16. The highest BCUT2D eigenvalue weighted by atomic mass is 35.5. The van der Waals surface area contributed by atoms with Gasteiger partial charge in [-0.25, -0.2) is 5.43 Å². The monoisotopic (exact) mass is 410 g/mol. The van der Waals surface area contributed by atoms with E-state index in [0.29, 0.717) is 5.02 Å². The van der Waals surface area contributed by atoms with Gasteiger partial charge in [-0.1, -0.05) is 29.8 Å². The number of rotatable bonds is 6. The molecule has 0 fully saturated rings. The second kappa shape index (κ2) is 9.59. The lowest BCUT2D eigenvalue weighted by Crippen LogP contribution is -2.32. The summed E-state index contributed by atoms with van der Waals surface area (Å²) in [5, 5.41) is 8.70. The first-order valence-electron chi connectivity index (χ1n) is 8.18. The summed E-state index contributed by atoms with van der Waals surface area (Å²) >= 11 is 7.51. The van der Waals surface area contributed by atoms with E-state index in [9.17, 15) is 9.59 Å². The first kappa shape index (κ1) is 19.5. The molecule has 3 aromatic rings. The van der Waals surface area contributed by atoms with Crippen molar-refractivity contribution in [2.24, 2.45) is 5.10 Å². The molecule has 2 amide bonds. The molecule has 0 radical (unpaired) electrons. The van der Waals surface area contributed by atoms with Crippen molar-refractivity contribution in [2.75, 3.05) is 0 Å². The number of nitrogens with one attached hydrogen (secondary N) is 2. The first-order valence-corrected chi connectivity index (χ1v) is 9.44. The van der Waals surface area contributed by atoms with Gasteiger partial charge in [0.25, 0.3) is 11.8 Å². The Morgan fingerprint density at radius 1 is 1.07 bits per heavy atom. The third kappa shape index (κ3) is 5.35. The lowest BCUT2D eigenvalue weighted by molar-refractivity contribution is -0.117. The SMILES string of the molecule is O=C(NN=Cc1ccncc1)/C(=C/c1cccs1)NC(=O)c1ccccc1Cl. The molecule has 0 aliphatic carbocycles. The summed E-state index contributed by atoms with van der Waals surface area (Å²) in [7, 11) is 0. The van der Waals surface area contributed by atoms with Gasteiger partial charge in [0.1, 0.15) is 5.70 Å². The van der Waals surface area contributed by atoms with Crippen molar-refractivity contribution in [1.82, 2.24) is 15.7 Å². The number of carbonyl (C=O) groups excluding carboxylic acids is 2. The highest BCUT2D eigenvalue weighted by molar-refractivity contribution is 7.10. The van der Waals surface area contributed by atoms with E-state index in [2.05, 4.69) is 20.8 Å². The molecule has 2 N–H and O–H groups in total. The zero-order valence-electron chi connectivity index (χ0n) is 14.5. The number of halogens is 1. The molecule has 3 rings (SSSR count). The third-order valence-electron chi connectivity index (χ3n) is 3.53. The molecule has 0 saturated heterocycles. The minimum absolute atomic E-state index is 0.0549. The Kier molecular flexibility index (Phi) is 6.67. The van der Waals surface area contributed by atoms with Gasteiger partial charge in [-0.3, -0.25) is 14.6 Å². The smallest absolute Gasteiger partial charge is 0.287 e. The molecule has 0 unspecified atom stereocenters.